The molecule has 0 bridgehead atoms. The molecule has 2 heterocycles. The maximum absolute atomic E-state index is 13.1. The third-order valence-electron chi connectivity index (χ3n) is 5.52. The van der Waals surface area contributed by atoms with Crippen LogP contribution in [0.15, 0.2) is 43.0 Å². The lowest BCUT2D eigenvalue weighted by molar-refractivity contribution is 0.0761. The van der Waals surface area contributed by atoms with Gasteiger partial charge in [0.15, 0.2) is 5.78 Å². The summed E-state index contributed by atoms with van der Waals surface area (Å²) in [4.78, 5) is 29.5. The van der Waals surface area contributed by atoms with Crippen LogP contribution in [0.2, 0.25) is 0 Å². The van der Waals surface area contributed by atoms with E-state index in [-0.39, 0.29) is 17.5 Å². The molecule has 1 fully saturated rings. The number of aromatic nitrogens is 1. The lowest BCUT2D eigenvalue weighted by Gasteiger charge is -2.21. The predicted octanol–water partition coefficient (Wildman–Crippen LogP) is 3.46. The first kappa shape index (κ1) is 21.0. The standard InChI is InChI=1S/C23H28FN3O2/c1-4-10-27-17(2)15-21(18(27)3)22(28)16-25-11-5-12-26(14-13-25)23(29)19-6-8-20(24)9-7-19/h4,6-9,15H,1,5,10-14,16H2,2-3H3. The van der Waals surface area contributed by atoms with Gasteiger partial charge in [-0.1, -0.05) is 6.08 Å². The number of rotatable bonds is 6. The second-order valence-corrected chi connectivity index (χ2v) is 7.54. The Labute approximate surface area is 171 Å². The summed E-state index contributed by atoms with van der Waals surface area (Å²) >= 11 is 0. The van der Waals surface area contributed by atoms with Gasteiger partial charge in [-0.3, -0.25) is 14.5 Å². The summed E-state index contributed by atoms with van der Waals surface area (Å²) in [6.07, 6.45) is 2.63. The van der Waals surface area contributed by atoms with Crippen LogP contribution in [0.3, 0.4) is 0 Å². The van der Waals surface area contributed by atoms with E-state index >= 15 is 0 Å². The van der Waals surface area contributed by atoms with Crippen molar-refractivity contribution in [3.8, 4) is 0 Å². The van der Waals surface area contributed by atoms with Crippen LogP contribution in [0.25, 0.3) is 0 Å². The van der Waals surface area contributed by atoms with Gasteiger partial charge in [0.05, 0.1) is 6.54 Å². The molecule has 2 aromatic rings. The Hall–Kier alpha value is -2.73. The van der Waals surface area contributed by atoms with Crippen LogP contribution >= 0.6 is 0 Å². The molecule has 1 amide bonds. The van der Waals surface area contributed by atoms with Crippen molar-refractivity contribution < 1.29 is 14.0 Å². The molecule has 0 atom stereocenters. The van der Waals surface area contributed by atoms with Crippen molar-refractivity contribution in [1.82, 2.24) is 14.4 Å². The van der Waals surface area contributed by atoms with Gasteiger partial charge in [-0.25, -0.2) is 4.39 Å². The number of allylic oxidation sites excluding steroid dienone is 1. The van der Waals surface area contributed by atoms with E-state index in [0.29, 0.717) is 38.3 Å². The number of carbonyl (C=O) groups is 2. The molecule has 0 radical (unpaired) electrons. The molecule has 29 heavy (non-hydrogen) atoms. The number of nitrogens with zero attached hydrogens (tertiary/aromatic N) is 3. The molecular weight excluding hydrogens is 369 g/mol. The molecule has 5 nitrogen and oxygen atoms in total. The Kier molecular flexibility index (Phi) is 6.64. The van der Waals surface area contributed by atoms with Crippen LogP contribution in [-0.2, 0) is 6.54 Å². The van der Waals surface area contributed by atoms with Gasteiger partial charge < -0.3 is 9.47 Å². The number of halogens is 1. The number of amides is 1. The van der Waals surface area contributed by atoms with Crippen molar-refractivity contribution in [1.29, 1.82) is 0 Å². The number of benzene rings is 1. The van der Waals surface area contributed by atoms with Crippen LogP contribution in [0, 0.1) is 19.7 Å². The molecule has 1 aromatic carbocycles. The average molecular weight is 397 g/mol. The minimum absolute atomic E-state index is 0.0915. The first-order valence-corrected chi connectivity index (χ1v) is 9.98. The van der Waals surface area contributed by atoms with Crippen molar-refractivity contribution in [2.24, 2.45) is 0 Å². The first-order valence-electron chi connectivity index (χ1n) is 9.98. The summed E-state index contributed by atoms with van der Waals surface area (Å²) in [5.41, 5.74) is 3.27. The van der Waals surface area contributed by atoms with E-state index in [4.69, 9.17) is 0 Å². The zero-order chi connectivity index (χ0) is 21.0. The number of carbonyl (C=O) groups excluding carboxylic acids is 2. The zero-order valence-corrected chi connectivity index (χ0v) is 17.2. The Morgan fingerprint density at radius 2 is 1.83 bits per heavy atom. The van der Waals surface area contributed by atoms with Crippen LogP contribution in [0.1, 0.15) is 38.5 Å². The van der Waals surface area contributed by atoms with E-state index in [1.54, 1.807) is 4.90 Å². The quantitative estimate of drug-likeness (QED) is 0.554. The van der Waals surface area contributed by atoms with E-state index < -0.39 is 0 Å². The summed E-state index contributed by atoms with van der Waals surface area (Å²) in [7, 11) is 0. The van der Waals surface area contributed by atoms with Gasteiger partial charge >= 0.3 is 0 Å². The van der Waals surface area contributed by atoms with Crippen molar-refractivity contribution in [2.75, 3.05) is 32.7 Å². The van der Waals surface area contributed by atoms with E-state index in [2.05, 4.69) is 16.0 Å². The lowest BCUT2D eigenvalue weighted by Crippen LogP contribution is -2.36. The van der Waals surface area contributed by atoms with E-state index in [1.807, 2.05) is 26.0 Å². The highest BCUT2D eigenvalue weighted by molar-refractivity contribution is 5.99. The number of Topliss-reactive ketones (excluding diaryl/α,β-unsaturated/α-hetero) is 1. The molecule has 1 saturated heterocycles. The third-order valence-corrected chi connectivity index (χ3v) is 5.52. The minimum Gasteiger partial charge on any atom is -0.345 e. The van der Waals surface area contributed by atoms with Crippen LogP contribution in [0.4, 0.5) is 4.39 Å². The van der Waals surface area contributed by atoms with Gasteiger partial charge in [0, 0.05) is 55.2 Å². The van der Waals surface area contributed by atoms with Crippen LogP contribution in [0.5, 0.6) is 0 Å². The van der Waals surface area contributed by atoms with E-state index in [9.17, 15) is 14.0 Å². The number of hydrogen-bond acceptors (Lipinski definition) is 3. The second-order valence-electron chi connectivity index (χ2n) is 7.54. The molecule has 0 spiro atoms. The van der Waals surface area contributed by atoms with Crippen molar-refractivity contribution in [3.05, 3.63) is 71.3 Å². The first-order chi connectivity index (χ1) is 13.9. The van der Waals surface area contributed by atoms with Crippen LogP contribution in [-0.4, -0.2) is 58.8 Å². The highest BCUT2D eigenvalue weighted by atomic mass is 19.1. The molecule has 154 valence electrons. The normalized spacial score (nSPS) is 15.2. The monoisotopic (exact) mass is 397 g/mol. The molecule has 3 rings (SSSR count). The molecule has 0 saturated carbocycles. The lowest BCUT2D eigenvalue weighted by atomic mass is 10.1. The van der Waals surface area contributed by atoms with Gasteiger partial charge in [-0.05, 0) is 50.6 Å². The van der Waals surface area contributed by atoms with E-state index in [0.717, 1.165) is 29.9 Å². The average Bonchev–Trinajstić information content (AvgIpc) is 2.87. The molecule has 0 unspecified atom stereocenters. The van der Waals surface area contributed by atoms with Gasteiger partial charge in [-0.2, -0.15) is 0 Å². The molecule has 1 aliphatic rings. The summed E-state index contributed by atoms with van der Waals surface area (Å²) in [5.74, 6) is -0.340. The van der Waals surface area contributed by atoms with Gasteiger partial charge in [0.1, 0.15) is 5.82 Å². The summed E-state index contributed by atoms with van der Waals surface area (Å²) in [5, 5.41) is 0. The Bertz CT molecular complexity index is 902. The summed E-state index contributed by atoms with van der Waals surface area (Å²) in [6.45, 7) is 11.4. The fourth-order valence-electron chi connectivity index (χ4n) is 3.89. The maximum Gasteiger partial charge on any atom is 0.253 e. The topological polar surface area (TPSA) is 45.6 Å². The number of aryl methyl sites for hydroxylation is 1. The minimum atomic E-state index is -0.352. The van der Waals surface area contributed by atoms with Gasteiger partial charge in [0.2, 0.25) is 0 Å². The molecule has 6 heteroatoms. The SMILES string of the molecule is C=CCn1c(C)cc(C(=O)CN2CCCN(C(=O)c3ccc(F)cc3)CC2)c1C. The highest BCUT2D eigenvalue weighted by Gasteiger charge is 2.23. The Morgan fingerprint density at radius 3 is 2.52 bits per heavy atom. The Balaban J connectivity index is 1.62. The summed E-state index contributed by atoms with van der Waals surface area (Å²) in [6, 6.07) is 7.59. The van der Waals surface area contributed by atoms with Crippen molar-refractivity contribution in [3.63, 3.8) is 0 Å². The summed E-state index contributed by atoms with van der Waals surface area (Å²) < 4.78 is 15.2. The largest absolute Gasteiger partial charge is 0.345 e. The van der Waals surface area contributed by atoms with Gasteiger partial charge in [-0.15, -0.1) is 6.58 Å². The fourth-order valence-corrected chi connectivity index (χ4v) is 3.89. The smallest absolute Gasteiger partial charge is 0.253 e. The Morgan fingerprint density at radius 1 is 1.10 bits per heavy atom. The number of hydrogen-bond donors (Lipinski definition) is 0. The fraction of sp³-hybridized carbons (Fsp3) is 0.391. The molecule has 1 aromatic heterocycles. The maximum atomic E-state index is 13.1. The molecule has 0 aliphatic carbocycles. The second kappa shape index (κ2) is 9.18. The molecule has 0 N–H and O–H groups in total. The predicted molar refractivity (Wildman–Crippen MR) is 112 cm³/mol. The molecular formula is C23H28FN3O2. The van der Waals surface area contributed by atoms with E-state index in [1.165, 1.54) is 24.3 Å². The van der Waals surface area contributed by atoms with Crippen molar-refractivity contribution in [2.45, 2.75) is 26.8 Å². The van der Waals surface area contributed by atoms with Crippen LogP contribution < -0.4 is 0 Å². The van der Waals surface area contributed by atoms with Crippen molar-refractivity contribution >= 4 is 11.7 Å². The van der Waals surface area contributed by atoms with Gasteiger partial charge in [0.25, 0.3) is 5.91 Å². The third kappa shape index (κ3) is 4.82. The highest BCUT2D eigenvalue weighted by Crippen LogP contribution is 2.17. The number of ketones is 1. The molecule has 1 aliphatic heterocycles. The zero-order valence-electron chi connectivity index (χ0n) is 17.2.